The third kappa shape index (κ3) is 15.5. The Balaban J connectivity index is 3.36. The molecule has 1 aromatic carbocycles. The number of rotatable bonds is 24. The summed E-state index contributed by atoms with van der Waals surface area (Å²) in [4.78, 5) is 29.5. The number of carbonyl (C=O) groups is 1. The first-order valence-corrected chi connectivity index (χ1v) is 13.8. The molecule has 0 aliphatic carbocycles. The molecule has 0 heterocycles. The molecule has 1 amide bonds. The van der Waals surface area contributed by atoms with Crippen molar-refractivity contribution in [3.05, 3.63) is 122 Å². The van der Waals surface area contributed by atoms with Gasteiger partial charge in [0.25, 0.3) is 5.91 Å². The molecular formula is C25H33N19O3. The predicted octanol–water partition coefficient (Wildman–Crippen LogP) is 7.76. The summed E-state index contributed by atoms with van der Waals surface area (Å²) >= 11 is 0. The van der Waals surface area contributed by atoms with Crippen molar-refractivity contribution in [2.45, 2.75) is 26.6 Å². The molecule has 0 aliphatic heterocycles. The van der Waals surface area contributed by atoms with Crippen molar-refractivity contribution in [2.24, 2.45) is 41.5 Å². The number of amides is 1. The first-order chi connectivity index (χ1) is 22.9. The predicted molar refractivity (Wildman–Crippen MR) is 171 cm³/mol. The van der Waals surface area contributed by atoms with Crippen molar-refractivity contribution in [1.82, 2.24) is 5.32 Å². The summed E-state index contributed by atoms with van der Waals surface area (Å²) in [5.74, 6) is -0.428. The van der Waals surface area contributed by atoms with Crippen LogP contribution in [-0.2, 0) is 22.7 Å². The number of hydrogen-bond donors (Lipinski definition) is 1. The molecule has 0 radical (unpaired) electrons. The van der Waals surface area contributed by atoms with Crippen LogP contribution in [0.15, 0.2) is 73.3 Å². The fourth-order valence-corrected chi connectivity index (χ4v) is 3.97. The van der Waals surface area contributed by atoms with Crippen LogP contribution in [0, 0.1) is 10.8 Å². The Kier molecular flexibility index (Phi) is 19.4. The lowest BCUT2D eigenvalue weighted by Crippen LogP contribution is -2.36. The van der Waals surface area contributed by atoms with E-state index in [0.29, 0.717) is 11.1 Å². The molecule has 1 N–H and O–H groups in total. The van der Waals surface area contributed by atoms with Gasteiger partial charge in [-0.1, -0.05) is 55.8 Å². The summed E-state index contributed by atoms with van der Waals surface area (Å²) in [6.07, 6.45) is 7.68. The van der Waals surface area contributed by atoms with Crippen LogP contribution in [0.5, 0.6) is 0 Å². The fourth-order valence-electron chi connectivity index (χ4n) is 3.97. The minimum absolute atomic E-state index is 0.0532. The summed E-state index contributed by atoms with van der Waals surface area (Å²) in [6.45, 7) is 0.565. The standard InChI is InChI=1S/C25H33N19O3/c1-2-3-4-5-6-32-23(45)22-8-20(10-46-18-24(12-33-39-26,13-34-40-27)14-35-41-28)7-21(9-22)11-47-19-25(15-36-42-29,16-37-43-30)17-38-44-31/h3-9H,2,10-19H2,1H3,(H,32,45)/b4-3+,6-5+. The second-order valence-electron chi connectivity index (χ2n) is 10.0. The van der Waals surface area contributed by atoms with Gasteiger partial charge in [-0.05, 0) is 68.9 Å². The Morgan fingerprint density at radius 3 is 1.40 bits per heavy atom. The Bertz CT molecular complexity index is 1340. The molecule has 1 aromatic rings. The van der Waals surface area contributed by atoms with E-state index in [1.165, 1.54) is 6.20 Å². The molecular weight excluding hydrogens is 614 g/mol. The largest absolute Gasteiger partial charge is 0.376 e. The van der Waals surface area contributed by atoms with Crippen LogP contribution < -0.4 is 5.32 Å². The quantitative estimate of drug-likeness (QED) is 0.0508. The number of ether oxygens (including phenoxy) is 2. The van der Waals surface area contributed by atoms with Crippen molar-refractivity contribution >= 4 is 5.91 Å². The van der Waals surface area contributed by atoms with Gasteiger partial charge in [-0.3, -0.25) is 4.79 Å². The highest BCUT2D eigenvalue weighted by Gasteiger charge is 2.30. The number of nitrogens with zero attached hydrogens (tertiary/aromatic N) is 18. The summed E-state index contributed by atoms with van der Waals surface area (Å²) in [5, 5.41) is 24.0. The van der Waals surface area contributed by atoms with E-state index < -0.39 is 16.7 Å². The molecule has 0 aliphatic rings. The second kappa shape index (κ2) is 23.3. The van der Waals surface area contributed by atoms with Gasteiger partial charge in [0.05, 0.1) is 26.4 Å². The maximum atomic E-state index is 13.0. The third-order valence-corrected chi connectivity index (χ3v) is 6.28. The zero-order chi connectivity index (χ0) is 34.6. The molecule has 0 spiro atoms. The second-order valence-corrected chi connectivity index (χ2v) is 10.0. The molecule has 0 saturated carbocycles. The lowest BCUT2D eigenvalue weighted by molar-refractivity contribution is 0.0432. The van der Waals surface area contributed by atoms with Crippen molar-refractivity contribution in [1.29, 1.82) is 0 Å². The minimum atomic E-state index is -1.12. The average molecular weight is 648 g/mol. The fraction of sp³-hybridized carbons (Fsp3) is 0.560. The zero-order valence-corrected chi connectivity index (χ0v) is 25.6. The number of azide groups is 6. The Morgan fingerprint density at radius 1 is 0.681 bits per heavy atom. The summed E-state index contributed by atoms with van der Waals surface area (Å²) in [5.41, 5.74) is 52.2. The van der Waals surface area contributed by atoms with Gasteiger partial charge in [-0.25, -0.2) is 0 Å². The van der Waals surface area contributed by atoms with Crippen molar-refractivity contribution < 1.29 is 14.3 Å². The van der Waals surface area contributed by atoms with E-state index in [0.717, 1.165) is 6.42 Å². The van der Waals surface area contributed by atoms with E-state index >= 15 is 0 Å². The van der Waals surface area contributed by atoms with Gasteiger partial charge < -0.3 is 14.8 Å². The smallest absolute Gasteiger partial charge is 0.255 e. The van der Waals surface area contributed by atoms with E-state index in [1.54, 1.807) is 30.4 Å². The van der Waals surface area contributed by atoms with Crippen LogP contribution in [0.25, 0.3) is 62.7 Å². The van der Waals surface area contributed by atoms with Crippen molar-refractivity contribution in [3.8, 4) is 0 Å². The monoisotopic (exact) mass is 647 g/mol. The van der Waals surface area contributed by atoms with Gasteiger partial charge in [-0.2, -0.15) is 0 Å². The highest BCUT2D eigenvalue weighted by molar-refractivity contribution is 5.95. The molecule has 246 valence electrons. The van der Waals surface area contributed by atoms with E-state index in [9.17, 15) is 4.79 Å². The molecule has 1 rings (SSSR count). The van der Waals surface area contributed by atoms with Gasteiger partial charge in [0.2, 0.25) is 0 Å². The van der Waals surface area contributed by atoms with Crippen LogP contribution in [0.1, 0.15) is 34.8 Å². The van der Waals surface area contributed by atoms with Crippen LogP contribution in [0.3, 0.4) is 0 Å². The molecule has 0 atom stereocenters. The van der Waals surface area contributed by atoms with Crippen LogP contribution in [0.2, 0.25) is 0 Å². The lowest BCUT2D eigenvalue weighted by Gasteiger charge is -2.29. The summed E-state index contributed by atoms with van der Waals surface area (Å²) in [6, 6.07) is 4.90. The molecule has 22 heteroatoms. The highest BCUT2D eigenvalue weighted by Crippen LogP contribution is 2.24. The van der Waals surface area contributed by atoms with Gasteiger partial charge in [0.15, 0.2) is 0 Å². The maximum absolute atomic E-state index is 13.0. The summed E-state index contributed by atoms with van der Waals surface area (Å²) < 4.78 is 11.8. The number of hydrogen-bond acceptors (Lipinski definition) is 9. The minimum Gasteiger partial charge on any atom is -0.376 e. The van der Waals surface area contributed by atoms with E-state index in [2.05, 4.69) is 65.5 Å². The average Bonchev–Trinajstić information content (AvgIpc) is 3.08. The molecule has 22 nitrogen and oxygen atoms in total. The number of nitrogens with one attached hydrogen (secondary N) is 1. The Morgan fingerprint density at radius 2 is 1.06 bits per heavy atom. The Labute approximate surface area is 268 Å². The molecule has 0 bridgehead atoms. The van der Waals surface area contributed by atoms with E-state index in [1.807, 2.05) is 13.0 Å². The van der Waals surface area contributed by atoms with Crippen molar-refractivity contribution in [3.63, 3.8) is 0 Å². The third-order valence-electron chi connectivity index (χ3n) is 6.28. The normalized spacial score (nSPS) is 12.9. The Hall–Kier alpha value is -6.05. The molecule has 0 fully saturated rings. The van der Waals surface area contributed by atoms with Gasteiger partial charge in [0, 0.05) is 91.3 Å². The van der Waals surface area contributed by atoms with Crippen LogP contribution >= 0.6 is 0 Å². The first-order valence-electron chi connectivity index (χ1n) is 13.8. The van der Waals surface area contributed by atoms with E-state index in [-0.39, 0.29) is 71.3 Å². The number of allylic oxidation sites excluding steroid dienone is 3. The molecule has 47 heavy (non-hydrogen) atoms. The first kappa shape index (κ1) is 39.0. The van der Waals surface area contributed by atoms with Gasteiger partial charge in [-0.15, -0.1) is 0 Å². The van der Waals surface area contributed by atoms with E-state index in [4.69, 9.17) is 42.7 Å². The summed E-state index contributed by atoms with van der Waals surface area (Å²) in [7, 11) is 0. The van der Waals surface area contributed by atoms with Gasteiger partial charge in [0.1, 0.15) is 0 Å². The number of carbonyl (C=O) groups excluding carboxylic acids is 1. The van der Waals surface area contributed by atoms with Crippen molar-refractivity contribution in [2.75, 3.05) is 52.5 Å². The molecule has 0 aromatic heterocycles. The van der Waals surface area contributed by atoms with Crippen LogP contribution in [-0.4, -0.2) is 58.4 Å². The maximum Gasteiger partial charge on any atom is 0.255 e. The lowest BCUT2D eigenvalue weighted by atomic mass is 9.89. The topological polar surface area (TPSA) is 340 Å². The molecule has 0 unspecified atom stereocenters. The van der Waals surface area contributed by atoms with Gasteiger partial charge >= 0.3 is 0 Å². The zero-order valence-electron chi connectivity index (χ0n) is 25.6. The number of benzene rings is 1. The highest BCUT2D eigenvalue weighted by atomic mass is 16.5. The molecule has 0 saturated heterocycles. The SMILES string of the molecule is CC/C=C/C=C/NC(=O)c1cc(COCC(CN=[N+]=[N-])(CN=[N+]=[N-])CN=[N+]=[N-])cc(COCC(CN=[N+]=[N-])(CN=[N+]=[N-])CN=[N+]=[N-])c1. The van der Waals surface area contributed by atoms with Crippen LogP contribution in [0.4, 0.5) is 0 Å².